The molecule has 7 N–H and O–H groups in total. The molecule has 114 valence electrons. The lowest BCUT2D eigenvalue weighted by atomic mass is 10.5. The average Bonchev–Trinajstić information content (AvgIpc) is 2.62. The molecule has 0 spiro atoms. The van der Waals surface area contributed by atoms with Crippen molar-refractivity contribution in [2.75, 3.05) is 26.4 Å². The Morgan fingerprint density at radius 1 is 1.21 bits per heavy atom. The summed E-state index contributed by atoms with van der Waals surface area (Å²) in [5.74, 6) is 0.232. The summed E-state index contributed by atoms with van der Waals surface area (Å²) in [6.45, 7) is 0.186. The molecule has 0 amide bonds. The number of nitrogens with zero attached hydrogens (tertiary/aromatic N) is 1. The predicted molar refractivity (Wildman–Crippen MR) is 62.6 cm³/mol. The van der Waals surface area contributed by atoms with Gasteiger partial charge in [0.2, 0.25) is 0 Å². The number of hydrogen-bond acceptors (Lipinski definition) is 9. The van der Waals surface area contributed by atoms with E-state index in [0.29, 0.717) is 0 Å². The van der Waals surface area contributed by atoms with Gasteiger partial charge in [-0.3, -0.25) is 9.11 Å². The van der Waals surface area contributed by atoms with Gasteiger partial charge in [0.05, 0.1) is 26.4 Å². The molecule has 1 aliphatic heterocycles. The predicted octanol–water partition coefficient (Wildman–Crippen LogP) is -3.08. The molecule has 0 saturated carbocycles. The van der Waals surface area contributed by atoms with E-state index in [1.807, 2.05) is 0 Å². The minimum absolute atomic E-state index is 0.0786. The standard InChI is InChI=1S/C7H15N3O4.H2O4S/c8-7-9-5(13-3-1-11)6(10-7)14-4-2-12;1-5(2,3)4/h5-6,11-12H,1-4H2,(H3,8,9,10);(H2,1,2,3,4)/t5-,6-;/m0./s1. The number of nitrogens with one attached hydrogen (secondary N) is 1. The molecule has 0 bridgehead atoms. The summed E-state index contributed by atoms with van der Waals surface area (Å²) >= 11 is 0. The van der Waals surface area contributed by atoms with Crippen LogP contribution in [0.2, 0.25) is 0 Å². The third kappa shape index (κ3) is 10.6. The molecule has 1 heterocycles. The Balaban J connectivity index is 0.000000555. The number of aliphatic imine (C=N–C) groups is 1. The SMILES string of the molecule is NC1=N[C@@H](OCCO)[C@H](OCCO)N1.O=S(=O)(O)O. The van der Waals surface area contributed by atoms with E-state index in [9.17, 15) is 0 Å². The first-order valence-corrected chi connectivity index (χ1v) is 6.42. The zero-order valence-electron chi connectivity index (χ0n) is 9.84. The second-order valence-corrected chi connectivity index (χ2v) is 4.00. The van der Waals surface area contributed by atoms with Gasteiger partial charge in [-0.25, -0.2) is 4.99 Å². The molecule has 1 aliphatic rings. The van der Waals surface area contributed by atoms with Crippen LogP contribution in [0.5, 0.6) is 0 Å². The maximum Gasteiger partial charge on any atom is 0.394 e. The minimum Gasteiger partial charge on any atom is -0.394 e. The molecule has 0 aromatic carbocycles. The van der Waals surface area contributed by atoms with E-state index in [1.54, 1.807) is 0 Å². The summed E-state index contributed by atoms with van der Waals surface area (Å²) in [5, 5.41) is 19.8. The van der Waals surface area contributed by atoms with Gasteiger partial charge in [0.1, 0.15) is 0 Å². The Hall–Kier alpha value is -1.02. The maximum atomic E-state index is 8.74. The highest BCUT2D eigenvalue weighted by Gasteiger charge is 2.28. The second kappa shape index (κ2) is 8.98. The first-order valence-electron chi connectivity index (χ1n) is 5.02. The molecule has 0 aromatic heterocycles. The lowest BCUT2D eigenvalue weighted by molar-refractivity contribution is -0.0793. The van der Waals surface area contributed by atoms with Crippen LogP contribution in [0.4, 0.5) is 0 Å². The molecule has 0 unspecified atom stereocenters. The van der Waals surface area contributed by atoms with E-state index >= 15 is 0 Å². The van der Waals surface area contributed by atoms with Crippen molar-refractivity contribution >= 4 is 16.4 Å². The van der Waals surface area contributed by atoms with Gasteiger partial charge in [-0.15, -0.1) is 0 Å². The van der Waals surface area contributed by atoms with Gasteiger partial charge in [0, 0.05) is 0 Å². The number of nitrogens with two attached hydrogens (primary N) is 1. The number of aliphatic hydroxyl groups excluding tert-OH is 2. The van der Waals surface area contributed by atoms with Crippen LogP contribution in [0, 0.1) is 0 Å². The van der Waals surface area contributed by atoms with Gasteiger partial charge in [-0.05, 0) is 0 Å². The van der Waals surface area contributed by atoms with Crippen LogP contribution in [0.1, 0.15) is 0 Å². The van der Waals surface area contributed by atoms with E-state index in [-0.39, 0.29) is 32.4 Å². The zero-order chi connectivity index (χ0) is 14.9. The van der Waals surface area contributed by atoms with E-state index < -0.39 is 22.9 Å². The third-order valence-electron chi connectivity index (χ3n) is 1.58. The van der Waals surface area contributed by atoms with Crippen molar-refractivity contribution < 1.29 is 37.2 Å². The van der Waals surface area contributed by atoms with Crippen LogP contribution in [-0.2, 0) is 19.9 Å². The summed E-state index contributed by atoms with van der Waals surface area (Å²) in [4.78, 5) is 3.90. The quantitative estimate of drug-likeness (QED) is 0.275. The molecule has 12 heteroatoms. The molecular formula is C7H17N3O8S. The van der Waals surface area contributed by atoms with Gasteiger partial charge >= 0.3 is 10.4 Å². The van der Waals surface area contributed by atoms with Gasteiger partial charge in [-0.2, -0.15) is 8.42 Å². The van der Waals surface area contributed by atoms with Gasteiger partial charge < -0.3 is 30.7 Å². The first-order chi connectivity index (χ1) is 8.77. The van der Waals surface area contributed by atoms with Crippen molar-refractivity contribution in [3.63, 3.8) is 0 Å². The van der Waals surface area contributed by atoms with E-state index in [1.165, 1.54) is 0 Å². The Kier molecular flexibility index (Phi) is 8.49. The number of aliphatic hydroxyl groups is 2. The summed E-state index contributed by atoms with van der Waals surface area (Å²) in [7, 11) is -4.67. The van der Waals surface area contributed by atoms with Crippen molar-refractivity contribution in [2.45, 2.75) is 12.5 Å². The Labute approximate surface area is 109 Å². The first kappa shape index (κ1) is 18.0. The van der Waals surface area contributed by atoms with Crippen molar-refractivity contribution in [3.05, 3.63) is 0 Å². The van der Waals surface area contributed by atoms with Gasteiger partial charge in [0.25, 0.3) is 0 Å². The number of rotatable bonds is 6. The zero-order valence-corrected chi connectivity index (χ0v) is 10.7. The largest absolute Gasteiger partial charge is 0.394 e. The Morgan fingerprint density at radius 2 is 1.68 bits per heavy atom. The average molecular weight is 303 g/mol. The fourth-order valence-corrected chi connectivity index (χ4v) is 1.06. The summed E-state index contributed by atoms with van der Waals surface area (Å²) in [5.41, 5.74) is 5.41. The highest BCUT2D eigenvalue weighted by molar-refractivity contribution is 7.79. The van der Waals surface area contributed by atoms with Crippen molar-refractivity contribution in [3.8, 4) is 0 Å². The van der Waals surface area contributed by atoms with E-state index in [2.05, 4.69) is 10.3 Å². The van der Waals surface area contributed by atoms with Crippen LogP contribution in [0.25, 0.3) is 0 Å². The summed E-state index contributed by atoms with van der Waals surface area (Å²) in [6, 6.07) is 0. The molecule has 0 aliphatic carbocycles. The Bertz CT molecular complexity index is 365. The molecule has 19 heavy (non-hydrogen) atoms. The van der Waals surface area contributed by atoms with Crippen LogP contribution < -0.4 is 11.1 Å². The van der Waals surface area contributed by atoms with E-state index in [4.69, 9.17) is 42.9 Å². The van der Waals surface area contributed by atoms with E-state index in [0.717, 1.165) is 0 Å². The normalized spacial score (nSPS) is 22.2. The molecule has 2 atom stereocenters. The summed E-state index contributed by atoms with van der Waals surface area (Å²) in [6.07, 6.45) is -1.05. The minimum atomic E-state index is -4.67. The molecule has 0 aromatic rings. The van der Waals surface area contributed by atoms with Gasteiger partial charge in [-0.1, -0.05) is 0 Å². The fourth-order valence-electron chi connectivity index (χ4n) is 1.06. The maximum absolute atomic E-state index is 8.74. The van der Waals surface area contributed by atoms with Crippen molar-refractivity contribution in [1.29, 1.82) is 0 Å². The molecule has 0 saturated heterocycles. The second-order valence-electron chi connectivity index (χ2n) is 3.11. The number of guanidine groups is 1. The highest BCUT2D eigenvalue weighted by atomic mass is 32.3. The number of ether oxygens (including phenoxy) is 2. The van der Waals surface area contributed by atoms with Crippen molar-refractivity contribution in [1.82, 2.24) is 5.32 Å². The molecule has 0 radical (unpaired) electrons. The molecular weight excluding hydrogens is 286 g/mol. The van der Waals surface area contributed by atoms with Gasteiger partial charge in [0.15, 0.2) is 18.4 Å². The number of hydrogen-bond donors (Lipinski definition) is 6. The lowest BCUT2D eigenvalue weighted by Gasteiger charge is -2.18. The molecule has 11 nitrogen and oxygen atoms in total. The van der Waals surface area contributed by atoms with Crippen LogP contribution in [0.3, 0.4) is 0 Å². The summed E-state index contributed by atoms with van der Waals surface area (Å²) < 4.78 is 41.9. The van der Waals surface area contributed by atoms with Crippen LogP contribution >= 0.6 is 0 Å². The monoisotopic (exact) mass is 303 g/mol. The van der Waals surface area contributed by atoms with Crippen molar-refractivity contribution in [2.24, 2.45) is 10.7 Å². The highest BCUT2D eigenvalue weighted by Crippen LogP contribution is 2.08. The Morgan fingerprint density at radius 3 is 2.16 bits per heavy atom. The van der Waals surface area contributed by atoms with Crippen LogP contribution in [0.15, 0.2) is 4.99 Å². The smallest absolute Gasteiger partial charge is 0.394 e. The topological polar surface area (TPSA) is 184 Å². The lowest BCUT2D eigenvalue weighted by Crippen LogP contribution is -2.41. The molecule has 1 rings (SSSR count). The third-order valence-corrected chi connectivity index (χ3v) is 1.58. The fraction of sp³-hybridized carbons (Fsp3) is 0.857. The molecule has 0 fully saturated rings. The van der Waals surface area contributed by atoms with Crippen LogP contribution in [-0.4, -0.2) is 72.6 Å².